The van der Waals surface area contributed by atoms with Gasteiger partial charge in [0.2, 0.25) is 11.6 Å². The molecule has 0 saturated heterocycles. The Hall–Kier alpha value is -1.96. The summed E-state index contributed by atoms with van der Waals surface area (Å²) in [5, 5.41) is 14.7. The Balaban J connectivity index is 2.52. The molecular weight excluding hydrogens is 186 g/mol. The summed E-state index contributed by atoms with van der Waals surface area (Å²) in [5.41, 5.74) is 12.4. The van der Waals surface area contributed by atoms with Crippen molar-refractivity contribution in [3.05, 3.63) is 11.4 Å². The molecule has 2 aromatic rings. The number of aromatic nitrogens is 5. The number of hydrogen-bond acceptors (Lipinski definition) is 7. The van der Waals surface area contributed by atoms with Crippen LogP contribution in [0, 0.1) is 6.92 Å². The van der Waals surface area contributed by atoms with E-state index in [4.69, 9.17) is 11.5 Å². The van der Waals surface area contributed by atoms with Gasteiger partial charge in [0, 0.05) is 6.54 Å². The Bertz CT molecular complexity index is 445. The van der Waals surface area contributed by atoms with E-state index in [1.54, 1.807) is 0 Å². The lowest BCUT2D eigenvalue weighted by Gasteiger charge is -1.96. The lowest BCUT2D eigenvalue weighted by Crippen LogP contribution is -2.04. The van der Waals surface area contributed by atoms with Gasteiger partial charge in [-0.2, -0.15) is 4.68 Å². The molecule has 8 nitrogen and oxygen atoms in total. The van der Waals surface area contributed by atoms with Crippen LogP contribution in [0.15, 0.2) is 4.63 Å². The molecule has 0 aliphatic rings. The second-order valence-corrected chi connectivity index (χ2v) is 2.71. The fraction of sp³-hybridized carbons (Fsp3) is 0.333. The average Bonchev–Trinajstić information content (AvgIpc) is 2.72. The van der Waals surface area contributed by atoms with Crippen LogP contribution in [-0.4, -0.2) is 25.3 Å². The van der Waals surface area contributed by atoms with Gasteiger partial charge in [-0.25, -0.2) is 4.63 Å². The van der Waals surface area contributed by atoms with E-state index in [-0.39, 0.29) is 5.82 Å². The molecule has 0 spiro atoms. The van der Waals surface area contributed by atoms with Crippen molar-refractivity contribution in [3.63, 3.8) is 0 Å². The van der Waals surface area contributed by atoms with Gasteiger partial charge in [0.25, 0.3) is 0 Å². The predicted octanol–water partition coefficient (Wildman–Crippen LogP) is -1.00. The number of nitrogens with two attached hydrogens (primary N) is 2. The third-order valence-corrected chi connectivity index (χ3v) is 1.88. The minimum Gasteiger partial charge on any atom is -0.378 e. The van der Waals surface area contributed by atoms with Crippen molar-refractivity contribution in [1.29, 1.82) is 0 Å². The normalized spacial score (nSPS) is 10.7. The molecule has 2 aromatic heterocycles. The quantitative estimate of drug-likeness (QED) is 0.630. The van der Waals surface area contributed by atoms with Crippen molar-refractivity contribution in [2.45, 2.75) is 13.5 Å². The molecule has 0 aliphatic carbocycles. The van der Waals surface area contributed by atoms with Gasteiger partial charge < -0.3 is 11.5 Å². The molecule has 0 atom stereocenters. The molecule has 0 bridgehead atoms. The fourth-order valence-corrected chi connectivity index (χ4v) is 1.09. The Kier molecular flexibility index (Phi) is 1.89. The molecule has 0 aliphatic heterocycles. The molecule has 74 valence electrons. The van der Waals surface area contributed by atoms with Crippen molar-refractivity contribution in [2.75, 3.05) is 5.73 Å². The van der Waals surface area contributed by atoms with Crippen LogP contribution in [0.25, 0.3) is 5.82 Å². The van der Waals surface area contributed by atoms with E-state index < -0.39 is 0 Å². The third-order valence-electron chi connectivity index (χ3n) is 1.88. The first kappa shape index (κ1) is 8.63. The standard InChI is InChI=1S/C6H9N7O/c1-3-4(2-7)9-12-13(3)6-5(8)10-14-11-6/h2,7H2,1H3,(H2,8,10). The number of anilines is 1. The Morgan fingerprint density at radius 1 is 1.43 bits per heavy atom. The average molecular weight is 195 g/mol. The van der Waals surface area contributed by atoms with Crippen LogP contribution in [0.3, 0.4) is 0 Å². The monoisotopic (exact) mass is 195 g/mol. The third kappa shape index (κ3) is 1.12. The van der Waals surface area contributed by atoms with Crippen LogP contribution in [0.2, 0.25) is 0 Å². The number of rotatable bonds is 2. The Morgan fingerprint density at radius 3 is 2.71 bits per heavy atom. The molecule has 0 saturated carbocycles. The molecule has 14 heavy (non-hydrogen) atoms. The molecule has 0 unspecified atom stereocenters. The van der Waals surface area contributed by atoms with Crippen LogP contribution in [0.4, 0.5) is 5.82 Å². The summed E-state index contributed by atoms with van der Waals surface area (Å²) in [6.45, 7) is 2.13. The number of hydrogen-bond donors (Lipinski definition) is 2. The number of nitrogens with zero attached hydrogens (tertiary/aromatic N) is 5. The van der Waals surface area contributed by atoms with Gasteiger partial charge in [-0.15, -0.1) is 5.10 Å². The molecule has 0 amide bonds. The van der Waals surface area contributed by atoms with Gasteiger partial charge in [0.15, 0.2) is 0 Å². The highest BCUT2D eigenvalue weighted by Crippen LogP contribution is 2.13. The minimum atomic E-state index is 0.168. The summed E-state index contributed by atoms with van der Waals surface area (Å²) in [6.07, 6.45) is 0. The largest absolute Gasteiger partial charge is 0.378 e. The first-order valence-electron chi connectivity index (χ1n) is 3.93. The van der Waals surface area contributed by atoms with E-state index in [0.29, 0.717) is 18.1 Å². The Morgan fingerprint density at radius 2 is 2.21 bits per heavy atom. The first-order chi connectivity index (χ1) is 6.74. The van der Waals surface area contributed by atoms with E-state index in [9.17, 15) is 0 Å². The van der Waals surface area contributed by atoms with E-state index >= 15 is 0 Å². The molecule has 2 heterocycles. The van der Waals surface area contributed by atoms with E-state index in [1.807, 2.05) is 6.92 Å². The lowest BCUT2D eigenvalue weighted by atomic mass is 10.3. The van der Waals surface area contributed by atoms with Crippen molar-refractivity contribution in [3.8, 4) is 5.82 Å². The molecular formula is C6H9N7O. The van der Waals surface area contributed by atoms with Crippen molar-refractivity contribution in [1.82, 2.24) is 25.3 Å². The van der Waals surface area contributed by atoms with Crippen molar-refractivity contribution in [2.24, 2.45) is 5.73 Å². The summed E-state index contributed by atoms with van der Waals surface area (Å²) in [4.78, 5) is 0. The van der Waals surface area contributed by atoms with Crippen LogP contribution in [0.5, 0.6) is 0 Å². The van der Waals surface area contributed by atoms with Gasteiger partial charge in [0.1, 0.15) is 0 Å². The lowest BCUT2D eigenvalue weighted by molar-refractivity contribution is 0.306. The first-order valence-corrected chi connectivity index (χ1v) is 3.93. The van der Waals surface area contributed by atoms with Gasteiger partial charge >= 0.3 is 0 Å². The van der Waals surface area contributed by atoms with Gasteiger partial charge in [-0.3, -0.25) is 0 Å². The molecule has 4 N–H and O–H groups in total. The molecule has 0 aromatic carbocycles. The maximum absolute atomic E-state index is 5.50. The van der Waals surface area contributed by atoms with Crippen LogP contribution < -0.4 is 11.5 Å². The highest BCUT2D eigenvalue weighted by Gasteiger charge is 2.14. The highest BCUT2D eigenvalue weighted by molar-refractivity contribution is 5.44. The summed E-state index contributed by atoms with van der Waals surface area (Å²) >= 11 is 0. The van der Waals surface area contributed by atoms with Gasteiger partial charge in [-0.05, 0) is 17.2 Å². The van der Waals surface area contributed by atoms with Crippen LogP contribution in [0.1, 0.15) is 11.4 Å². The minimum absolute atomic E-state index is 0.168. The maximum atomic E-state index is 5.50. The SMILES string of the molecule is Cc1c(CN)nnn1-c1nonc1N. The zero-order chi connectivity index (χ0) is 10.1. The van der Waals surface area contributed by atoms with Crippen LogP contribution in [-0.2, 0) is 6.54 Å². The second kappa shape index (κ2) is 3.07. The van der Waals surface area contributed by atoms with E-state index in [2.05, 4.69) is 25.3 Å². The van der Waals surface area contributed by atoms with Crippen LogP contribution >= 0.6 is 0 Å². The second-order valence-electron chi connectivity index (χ2n) is 2.71. The van der Waals surface area contributed by atoms with Gasteiger partial charge in [-0.1, -0.05) is 5.21 Å². The van der Waals surface area contributed by atoms with Crippen molar-refractivity contribution >= 4 is 5.82 Å². The summed E-state index contributed by atoms with van der Waals surface area (Å²) < 4.78 is 5.89. The topological polar surface area (TPSA) is 122 Å². The Labute approximate surface area is 78.8 Å². The van der Waals surface area contributed by atoms with Crippen molar-refractivity contribution < 1.29 is 4.63 Å². The molecule has 0 fully saturated rings. The number of nitrogen functional groups attached to an aromatic ring is 1. The zero-order valence-corrected chi connectivity index (χ0v) is 7.51. The summed E-state index contributed by atoms with van der Waals surface area (Å²) in [5.74, 6) is 0.497. The maximum Gasteiger partial charge on any atom is 0.243 e. The summed E-state index contributed by atoms with van der Waals surface area (Å²) in [6, 6.07) is 0. The predicted molar refractivity (Wildman–Crippen MR) is 46.3 cm³/mol. The molecule has 8 heteroatoms. The fourth-order valence-electron chi connectivity index (χ4n) is 1.09. The zero-order valence-electron chi connectivity index (χ0n) is 7.51. The molecule has 0 radical (unpaired) electrons. The van der Waals surface area contributed by atoms with Gasteiger partial charge in [0.05, 0.1) is 11.4 Å². The smallest absolute Gasteiger partial charge is 0.243 e. The van der Waals surface area contributed by atoms with E-state index in [1.165, 1.54) is 4.68 Å². The highest BCUT2D eigenvalue weighted by atomic mass is 16.6. The summed E-state index contributed by atoms with van der Waals surface area (Å²) in [7, 11) is 0. The van der Waals surface area contributed by atoms with E-state index in [0.717, 1.165) is 5.69 Å². The molecule has 2 rings (SSSR count).